The van der Waals surface area contributed by atoms with Gasteiger partial charge in [0.2, 0.25) is 5.91 Å². The topological polar surface area (TPSA) is 62.1 Å². The molecule has 1 heterocycles. The van der Waals surface area contributed by atoms with Gasteiger partial charge in [0.1, 0.15) is 6.54 Å². The van der Waals surface area contributed by atoms with Gasteiger partial charge in [0.05, 0.1) is 6.54 Å². The third kappa shape index (κ3) is 7.92. The molecule has 1 amide bonds. The monoisotopic (exact) mass is 415 g/mol. The Morgan fingerprint density at radius 1 is 1.40 bits per heavy atom. The van der Waals surface area contributed by atoms with Crippen LogP contribution in [0.25, 0.3) is 0 Å². The fourth-order valence-electron chi connectivity index (χ4n) is 2.16. The number of halogens is 1. The molecule has 1 N–H and O–H groups in total. The Balaban J connectivity index is 2.71. The molecule has 0 aliphatic carbocycles. The van der Waals surface area contributed by atoms with E-state index in [1.807, 2.05) is 32.1 Å². The average Bonchev–Trinajstić information content (AvgIpc) is 2.86. The van der Waals surface area contributed by atoms with E-state index in [1.165, 1.54) is 0 Å². The Labute approximate surface area is 159 Å². The number of nitrogens with one attached hydrogen (secondary N) is 1. The third-order valence-electron chi connectivity index (χ3n) is 3.65. The van der Waals surface area contributed by atoms with Gasteiger partial charge in [-0.1, -0.05) is 0 Å². The molecule has 25 heavy (non-hydrogen) atoms. The second kappa shape index (κ2) is 11.1. The first-order chi connectivity index (χ1) is 11.8. The Morgan fingerprint density at radius 3 is 2.68 bits per heavy atom. The highest BCUT2D eigenvalue weighted by atomic mass is 79.9. The molecule has 0 radical (unpaired) electrons. The van der Waals surface area contributed by atoms with E-state index < -0.39 is 0 Å². The number of rotatable bonds is 9. The van der Waals surface area contributed by atoms with E-state index in [-0.39, 0.29) is 12.5 Å². The highest BCUT2D eigenvalue weighted by Crippen LogP contribution is 2.15. The summed E-state index contributed by atoms with van der Waals surface area (Å²) in [6.45, 7) is 4.98. The maximum atomic E-state index is 11.8. The molecular weight excluding hydrogens is 386 g/mol. The number of aromatic nitrogens is 1. The lowest BCUT2D eigenvalue weighted by atomic mass is 10.4. The lowest BCUT2D eigenvalue weighted by Crippen LogP contribution is -2.40. The van der Waals surface area contributed by atoms with Crippen LogP contribution in [0, 0.1) is 0 Å². The predicted molar refractivity (Wildman–Crippen MR) is 105 cm³/mol. The Hall–Kier alpha value is -1.54. The van der Waals surface area contributed by atoms with E-state index in [1.54, 1.807) is 19.0 Å². The van der Waals surface area contributed by atoms with Crippen molar-refractivity contribution in [3.63, 3.8) is 0 Å². The molecule has 1 rings (SSSR count). The third-order valence-corrected chi connectivity index (χ3v) is 4.08. The number of ether oxygens (including phenoxy) is 1. The lowest BCUT2D eigenvalue weighted by molar-refractivity contribution is -0.127. The van der Waals surface area contributed by atoms with E-state index in [2.05, 4.69) is 36.9 Å². The lowest BCUT2D eigenvalue weighted by Gasteiger charge is -2.23. The van der Waals surface area contributed by atoms with Crippen molar-refractivity contribution in [2.24, 2.45) is 12.0 Å². The second-order valence-electron chi connectivity index (χ2n) is 6.02. The molecule has 7 nitrogen and oxygen atoms in total. The molecule has 0 atom stereocenters. The van der Waals surface area contributed by atoms with Crippen LogP contribution < -0.4 is 5.32 Å². The van der Waals surface area contributed by atoms with Gasteiger partial charge in [-0.2, -0.15) is 0 Å². The maximum absolute atomic E-state index is 11.8. The van der Waals surface area contributed by atoms with E-state index in [0.717, 1.165) is 29.7 Å². The summed E-state index contributed by atoms with van der Waals surface area (Å²) in [6, 6.07) is 2.08. The number of carbonyl (C=O) groups is 1. The number of nitrogens with zero attached hydrogens (tertiary/aromatic N) is 4. The van der Waals surface area contributed by atoms with Crippen LogP contribution in [0.3, 0.4) is 0 Å². The van der Waals surface area contributed by atoms with Gasteiger partial charge in [0.25, 0.3) is 0 Å². The van der Waals surface area contributed by atoms with Gasteiger partial charge < -0.3 is 24.4 Å². The number of aliphatic imine (C=N–C) groups is 1. The van der Waals surface area contributed by atoms with Gasteiger partial charge in [-0.05, 0) is 35.3 Å². The van der Waals surface area contributed by atoms with Crippen molar-refractivity contribution in [2.45, 2.75) is 19.9 Å². The zero-order valence-corrected chi connectivity index (χ0v) is 17.5. The van der Waals surface area contributed by atoms with Crippen LogP contribution in [0.5, 0.6) is 0 Å². The molecular formula is C17H30BrN5O2. The summed E-state index contributed by atoms with van der Waals surface area (Å²) in [5.74, 6) is 0.688. The molecule has 0 aliphatic rings. The van der Waals surface area contributed by atoms with Crippen molar-refractivity contribution in [3.8, 4) is 0 Å². The number of likely N-dealkylation sites (N-methyl/N-ethyl adjacent to an activating group) is 1. The zero-order chi connectivity index (χ0) is 18.8. The highest BCUT2D eigenvalue weighted by Gasteiger charge is 2.11. The summed E-state index contributed by atoms with van der Waals surface area (Å²) < 4.78 is 8.47. The standard InChI is InChI=1S/C17H30BrN5O2/c1-6-25-9-7-8-19-17(20-11-16(24)21(2)3)23(5)13-15-10-14(18)12-22(15)4/h10,12H,6-9,11,13H2,1-5H3,(H,19,20). The van der Waals surface area contributed by atoms with Crippen LogP contribution in [0.2, 0.25) is 0 Å². The fourth-order valence-corrected chi connectivity index (χ4v) is 2.73. The fraction of sp³-hybridized carbons (Fsp3) is 0.647. The minimum absolute atomic E-state index is 0.0244. The molecule has 0 spiro atoms. The number of hydrogen-bond acceptors (Lipinski definition) is 3. The summed E-state index contributed by atoms with van der Waals surface area (Å²) in [6.07, 6.45) is 2.91. The molecule has 0 saturated heterocycles. The second-order valence-corrected chi connectivity index (χ2v) is 6.94. The molecule has 0 aliphatic heterocycles. The largest absolute Gasteiger partial charge is 0.382 e. The smallest absolute Gasteiger partial charge is 0.243 e. The molecule has 0 saturated carbocycles. The number of amides is 1. The molecule has 8 heteroatoms. The van der Waals surface area contributed by atoms with Crippen LogP contribution in [0.4, 0.5) is 0 Å². The number of aryl methyl sites for hydroxylation is 1. The van der Waals surface area contributed by atoms with Gasteiger partial charge in [0.15, 0.2) is 5.96 Å². The first-order valence-corrected chi connectivity index (χ1v) is 9.22. The summed E-state index contributed by atoms with van der Waals surface area (Å²) in [7, 11) is 7.45. The number of guanidine groups is 1. The minimum Gasteiger partial charge on any atom is -0.382 e. The molecule has 0 aromatic carbocycles. The van der Waals surface area contributed by atoms with E-state index in [0.29, 0.717) is 19.1 Å². The van der Waals surface area contributed by atoms with Crippen LogP contribution in [0.15, 0.2) is 21.7 Å². The van der Waals surface area contributed by atoms with Crippen LogP contribution >= 0.6 is 15.9 Å². The first kappa shape index (κ1) is 21.5. The van der Waals surface area contributed by atoms with Crippen LogP contribution in [0.1, 0.15) is 19.0 Å². The molecule has 142 valence electrons. The van der Waals surface area contributed by atoms with Crippen molar-refractivity contribution in [2.75, 3.05) is 47.4 Å². The normalized spacial score (nSPS) is 11.5. The molecule has 1 aromatic heterocycles. The van der Waals surface area contributed by atoms with Crippen molar-refractivity contribution < 1.29 is 9.53 Å². The summed E-state index contributed by atoms with van der Waals surface area (Å²) in [5.41, 5.74) is 1.15. The maximum Gasteiger partial charge on any atom is 0.243 e. The molecule has 0 bridgehead atoms. The summed E-state index contributed by atoms with van der Waals surface area (Å²) in [4.78, 5) is 19.9. The van der Waals surface area contributed by atoms with Crippen LogP contribution in [-0.4, -0.2) is 73.7 Å². The Bertz CT molecular complexity index is 571. The molecule has 1 aromatic rings. The molecule has 0 fully saturated rings. The van der Waals surface area contributed by atoms with Crippen molar-refractivity contribution in [1.29, 1.82) is 0 Å². The Morgan fingerprint density at radius 2 is 2.12 bits per heavy atom. The van der Waals surface area contributed by atoms with Gasteiger partial charge in [-0.25, -0.2) is 4.99 Å². The molecule has 0 unspecified atom stereocenters. The average molecular weight is 416 g/mol. The zero-order valence-electron chi connectivity index (χ0n) is 15.9. The van der Waals surface area contributed by atoms with E-state index >= 15 is 0 Å². The van der Waals surface area contributed by atoms with E-state index in [4.69, 9.17) is 4.74 Å². The van der Waals surface area contributed by atoms with E-state index in [9.17, 15) is 4.79 Å². The summed E-state index contributed by atoms with van der Waals surface area (Å²) in [5, 5.41) is 3.32. The quantitative estimate of drug-likeness (QED) is 0.378. The highest BCUT2D eigenvalue weighted by molar-refractivity contribution is 9.10. The van der Waals surface area contributed by atoms with Crippen molar-refractivity contribution in [3.05, 3.63) is 22.4 Å². The summed E-state index contributed by atoms with van der Waals surface area (Å²) >= 11 is 3.49. The Kier molecular flexibility index (Phi) is 9.59. The van der Waals surface area contributed by atoms with Crippen molar-refractivity contribution >= 4 is 27.8 Å². The SMILES string of the molecule is CCOCCCNC(=NCC(=O)N(C)C)N(C)Cc1cc(Br)cn1C. The van der Waals surface area contributed by atoms with Gasteiger partial charge >= 0.3 is 0 Å². The van der Waals surface area contributed by atoms with Gasteiger partial charge in [0, 0.05) is 64.3 Å². The number of carbonyl (C=O) groups excluding carboxylic acids is 1. The van der Waals surface area contributed by atoms with Gasteiger partial charge in [-0.15, -0.1) is 0 Å². The van der Waals surface area contributed by atoms with Crippen molar-refractivity contribution in [1.82, 2.24) is 19.7 Å². The minimum atomic E-state index is -0.0244. The number of hydrogen-bond donors (Lipinski definition) is 1. The first-order valence-electron chi connectivity index (χ1n) is 8.43. The van der Waals surface area contributed by atoms with Crippen LogP contribution in [-0.2, 0) is 23.1 Å². The van der Waals surface area contributed by atoms with Gasteiger partial charge in [-0.3, -0.25) is 4.79 Å². The predicted octanol–water partition coefficient (Wildman–Crippen LogP) is 1.68.